The van der Waals surface area contributed by atoms with Crippen molar-refractivity contribution >= 4 is 38.6 Å². The molecule has 0 saturated carbocycles. The molecular weight excluding hydrogens is 282 g/mol. The van der Waals surface area contributed by atoms with Crippen molar-refractivity contribution in [2.75, 3.05) is 12.3 Å². The SMILES string of the molecule is Nc1nc2ccc(C(=O)N[C@H](CCO)C(=O)O)cc2s1. The van der Waals surface area contributed by atoms with Gasteiger partial charge in [0, 0.05) is 18.6 Å². The summed E-state index contributed by atoms with van der Waals surface area (Å²) in [4.78, 5) is 27.0. The standard InChI is InChI=1S/C12H13N3O4S/c13-12-15-7-2-1-6(5-9(7)20-12)10(17)14-8(3-4-16)11(18)19/h1-2,5,8,16H,3-4H2,(H2,13,15)(H,14,17)(H,18,19)/t8-/m1/s1. The number of nitrogens with one attached hydrogen (secondary N) is 1. The van der Waals surface area contributed by atoms with Gasteiger partial charge >= 0.3 is 5.97 Å². The molecule has 0 bridgehead atoms. The van der Waals surface area contributed by atoms with Gasteiger partial charge in [0.25, 0.3) is 5.91 Å². The minimum atomic E-state index is -1.18. The number of hydrogen-bond acceptors (Lipinski definition) is 6. The van der Waals surface area contributed by atoms with Crippen LogP contribution in [0.15, 0.2) is 18.2 Å². The van der Waals surface area contributed by atoms with Gasteiger partial charge in [-0.2, -0.15) is 0 Å². The number of amides is 1. The molecule has 1 aromatic carbocycles. The van der Waals surface area contributed by atoms with Crippen molar-refractivity contribution in [2.24, 2.45) is 0 Å². The summed E-state index contributed by atoms with van der Waals surface area (Å²) in [5.41, 5.74) is 6.59. The highest BCUT2D eigenvalue weighted by Crippen LogP contribution is 2.24. The lowest BCUT2D eigenvalue weighted by Crippen LogP contribution is -2.41. The topological polar surface area (TPSA) is 126 Å². The number of rotatable bonds is 5. The number of nitrogens with zero attached hydrogens (tertiary/aromatic N) is 1. The molecule has 0 fully saturated rings. The highest BCUT2D eigenvalue weighted by molar-refractivity contribution is 7.22. The third-order valence-electron chi connectivity index (χ3n) is 2.69. The molecule has 0 saturated heterocycles. The highest BCUT2D eigenvalue weighted by atomic mass is 32.1. The number of nitrogens with two attached hydrogens (primary N) is 1. The van der Waals surface area contributed by atoms with Gasteiger partial charge in [0.05, 0.1) is 10.2 Å². The summed E-state index contributed by atoms with van der Waals surface area (Å²) >= 11 is 1.25. The number of thiazole rings is 1. The van der Waals surface area contributed by atoms with Crippen LogP contribution in [0.25, 0.3) is 10.2 Å². The van der Waals surface area contributed by atoms with E-state index < -0.39 is 17.9 Å². The van der Waals surface area contributed by atoms with E-state index in [1.165, 1.54) is 11.3 Å². The number of carbonyl (C=O) groups is 2. The van der Waals surface area contributed by atoms with E-state index in [0.717, 1.165) is 4.70 Å². The molecule has 1 amide bonds. The number of anilines is 1. The van der Waals surface area contributed by atoms with Gasteiger partial charge in [0.15, 0.2) is 5.13 Å². The summed E-state index contributed by atoms with van der Waals surface area (Å²) in [6.07, 6.45) is -0.0448. The monoisotopic (exact) mass is 295 g/mol. The normalized spacial score (nSPS) is 12.2. The van der Waals surface area contributed by atoms with Gasteiger partial charge in [-0.15, -0.1) is 0 Å². The Labute approximate surface area is 118 Å². The quantitative estimate of drug-likeness (QED) is 0.634. The predicted octanol–water partition coefficient (Wildman–Crippen LogP) is 0.444. The fourth-order valence-electron chi connectivity index (χ4n) is 1.71. The number of aliphatic hydroxyl groups is 1. The van der Waals surface area contributed by atoms with Gasteiger partial charge in [-0.3, -0.25) is 4.79 Å². The number of benzene rings is 1. The molecule has 0 aliphatic carbocycles. The molecule has 1 atom stereocenters. The largest absolute Gasteiger partial charge is 0.480 e. The summed E-state index contributed by atoms with van der Waals surface area (Å²) in [6, 6.07) is 3.69. The average molecular weight is 295 g/mol. The van der Waals surface area contributed by atoms with Crippen LogP contribution in [-0.4, -0.2) is 39.7 Å². The van der Waals surface area contributed by atoms with Crippen LogP contribution in [0.3, 0.4) is 0 Å². The molecule has 0 aliphatic heterocycles. The molecule has 2 rings (SSSR count). The van der Waals surface area contributed by atoms with Gasteiger partial charge in [0.2, 0.25) is 0 Å². The molecule has 0 radical (unpaired) electrons. The van der Waals surface area contributed by atoms with Crippen molar-refractivity contribution in [3.63, 3.8) is 0 Å². The maximum atomic E-state index is 12.0. The molecule has 2 aromatic rings. The Kier molecular flexibility index (Phi) is 4.16. The number of fused-ring (bicyclic) bond motifs is 1. The van der Waals surface area contributed by atoms with Crippen molar-refractivity contribution in [3.05, 3.63) is 23.8 Å². The Morgan fingerprint density at radius 1 is 1.45 bits per heavy atom. The molecular formula is C12H13N3O4S. The lowest BCUT2D eigenvalue weighted by atomic mass is 10.1. The maximum Gasteiger partial charge on any atom is 0.326 e. The molecule has 1 heterocycles. The number of carbonyl (C=O) groups excluding carboxylic acids is 1. The lowest BCUT2D eigenvalue weighted by Gasteiger charge is -2.13. The fraction of sp³-hybridized carbons (Fsp3) is 0.250. The van der Waals surface area contributed by atoms with Crippen LogP contribution in [0.2, 0.25) is 0 Å². The molecule has 8 heteroatoms. The van der Waals surface area contributed by atoms with E-state index in [2.05, 4.69) is 10.3 Å². The zero-order valence-corrected chi connectivity index (χ0v) is 11.2. The first-order valence-corrected chi connectivity index (χ1v) is 6.63. The van der Waals surface area contributed by atoms with E-state index >= 15 is 0 Å². The van der Waals surface area contributed by atoms with Crippen molar-refractivity contribution < 1.29 is 19.8 Å². The van der Waals surface area contributed by atoms with Crippen LogP contribution < -0.4 is 11.1 Å². The smallest absolute Gasteiger partial charge is 0.326 e. The van der Waals surface area contributed by atoms with E-state index in [9.17, 15) is 9.59 Å². The zero-order valence-electron chi connectivity index (χ0n) is 10.4. The second kappa shape index (κ2) is 5.85. The molecule has 1 aromatic heterocycles. The van der Waals surface area contributed by atoms with E-state index in [4.69, 9.17) is 15.9 Å². The van der Waals surface area contributed by atoms with Crippen LogP contribution in [0.1, 0.15) is 16.8 Å². The molecule has 7 nitrogen and oxygen atoms in total. The van der Waals surface area contributed by atoms with E-state index in [1.54, 1.807) is 18.2 Å². The Balaban J connectivity index is 2.19. The van der Waals surface area contributed by atoms with Gasteiger partial charge < -0.3 is 21.3 Å². The predicted molar refractivity (Wildman–Crippen MR) is 74.6 cm³/mol. The summed E-state index contributed by atoms with van der Waals surface area (Å²) in [6.45, 7) is -0.318. The van der Waals surface area contributed by atoms with Crippen LogP contribution in [0.4, 0.5) is 5.13 Å². The molecule has 5 N–H and O–H groups in total. The summed E-state index contributed by atoms with van der Waals surface area (Å²) in [7, 11) is 0. The van der Waals surface area contributed by atoms with Crippen molar-refractivity contribution in [3.8, 4) is 0 Å². The number of aliphatic carboxylic acids is 1. The van der Waals surface area contributed by atoms with Gasteiger partial charge in [-0.1, -0.05) is 11.3 Å². The fourth-order valence-corrected chi connectivity index (χ4v) is 2.49. The third-order valence-corrected chi connectivity index (χ3v) is 3.54. The second-order valence-corrected chi connectivity index (χ2v) is 5.17. The Hall–Kier alpha value is -2.19. The summed E-state index contributed by atoms with van der Waals surface area (Å²) in [5, 5.41) is 20.5. The minimum absolute atomic E-state index is 0.0448. The highest BCUT2D eigenvalue weighted by Gasteiger charge is 2.20. The van der Waals surface area contributed by atoms with E-state index in [1.807, 2.05) is 0 Å². The number of nitrogen functional groups attached to an aromatic ring is 1. The number of aromatic nitrogens is 1. The molecule has 0 aliphatic rings. The van der Waals surface area contributed by atoms with Crippen molar-refractivity contribution in [1.29, 1.82) is 0 Å². The number of carboxylic acid groups (broad SMARTS) is 1. The van der Waals surface area contributed by atoms with Gasteiger partial charge in [0.1, 0.15) is 6.04 Å². The van der Waals surface area contributed by atoms with Crippen LogP contribution >= 0.6 is 11.3 Å². The van der Waals surface area contributed by atoms with Crippen LogP contribution in [-0.2, 0) is 4.79 Å². The Morgan fingerprint density at radius 2 is 2.20 bits per heavy atom. The summed E-state index contributed by atoms with van der Waals surface area (Å²) < 4.78 is 0.754. The molecule has 106 valence electrons. The second-order valence-electron chi connectivity index (χ2n) is 4.11. The molecule has 0 unspecified atom stereocenters. The maximum absolute atomic E-state index is 12.0. The lowest BCUT2D eigenvalue weighted by molar-refractivity contribution is -0.139. The van der Waals surface area contributed by atoms with Crippen LogP contribution in [0.5, 0.6) is 0 Å². The molecule has 0 spiro atoms. The van der Waals surface area contributed by atoms with E-state index in [-0.39, 0.29) is 13.0 Å². The van der Waals surface area contributed by atoms with Crippen molar-refractivity contribution in [2.45, 2.75) is 12.5 Å². The first kappa shape index (κ1) is 14.2. The average Bonchev–Trinajstić information content (AvgIpc) is 2.76. The Morgan fingerprint density at radius 3 is 2.85 bits per heavy atom. The third kappa shape index (κ3) is 3.03. The first-order valence-electron chi connectivity index (χ1n) is 5.82. The van der Waals surface area contributed by atoms with Gasteiger partial charge in [-0.05, 0) is 18.2 Å². The molecule has 20 heavy (non-hydrogen) atoms. The first-order chi connectivity index (χ1) is 9.51. The number of carboxylic acids is 1. The minimum Gasteiger partial charge on any atom is -0.480 e. The van der Waals surface area contributed by atoms with Crippen molar-refractivity contribution in [1.82, 2.24) is 10.3 Å². The zero-order chi connectivity index (χ0) is 14.7. The van der Waals surface area contributed by atoms with Crippen LogP contribution in [0, 0.1) is 0 Å². The van der Waals surface area contributed by atoms with E-state index in [0.29, 0.717) is 16.2 Å². The van der Waals surface area contributed by atoms with Gasteiger partial charge in [-0.25, -0.2) is 9.78 Å². The number of aliphatic hydroxyl groups excluding tert-OH is 1. The summed E-state index contributed by atoms with van der Waals surface area (Å²) in [5.74, 6) is -1.70. The Bertz CT molecular complexity index is 655. The number of hydrogen-bond donors (Lipinski definition) is 4.